The Hall–Kier alpha value is -0.330. The molecule has 0 N–H and O–H groups in total. The second-order valence-corrected chi connectivity index (χ2v) is 7.35. The maximum absolute atomic E-state index is 12.3. The highest BCUT2D eigenvalue weighted by atomic mass is 16.1. The third-order valence-corrected chi connectivity index (χ3v) is 5.73. The van der Waals surface area contributed by atoms with E-state index in [1.807, 2.05) is 0 Å². The molecule has 3 saturated carbocycles. The van der Waals surface area contributed by atoms with Gasteiger partial charge in [0.15, 0.2) is 0 Å². The van der Waals surface area contributed by atoms with Crippen molar-refractivity contribution in [3.05, 3.63) is 0 Å². The molecule has 0 saturated heterocycles. The van der Waals surface area contributed by atoms with E-state index in [0.717, 1.165) is 30.6 Å². The Morgan fingerprint density at radius 3 is 2.38 bits per heavy atom. The second-order valence-electron chi connectivity index (χ2n) is 7.35. The van der Waals surface area contributed by atoms with Crippen LogP contribution in [-0.4, -0.2) is 5.78 Å². The third kappa shape index (κ3) is 1.10. The van der Waals surface area contributed by atoms with Crippen LogP contribution in [0.25, 0.3) is 0 Å². The molecule has 0 heterocycles. The first-order valence-corrected chi connectivity index (χ1v) is 7.01. The molecule has 16 heavy (non-hydrogen) atoms. The summed E-state index contributed by atoms with van der Waals surface area (Å²) in [6.07, 6.45) is 7.20. The predicted molar refractivity (Wildman–Crippen MR) is 65.1 cm³/mol. The van der Waals surface area contributed by atoms with Gasteiger partial charge in [-0.3, -0.25) is 4.79 Å². The Labute approximate surface area is 99.0 Å². The molecule has 1 spiro atoms. The van der Waals surface area contributed by atoms with E-state index in [9.17, 15) is 4.79 Å². The summed E-state index contributed by atoms with van der Waals surface area (Å²) in [4.78, 5) is 12.3. The molecule has 4 atom stereocenters. The van der Waals surface area contributed by atoms with Gasteiger partial charge >= 0.3 is 0 Å². The molecule has 90 valence electrons. The van der Waals surface area contributed by atoms with Crippen LogP contribution in [0, 0.1) is 28.6 Å². The zero-order valence-electron chi connectivity index (χ0n) is 10.9. The van der Waals surface area contributed by atoms with Crippen molar-refractivity contribution >= 4 is 5.78 Å². The average Bonchev–Trinajstić information content (AvgIpc) is 2.46. The molecular formula is C15H24O. The van der Waals surface area contributed by atoms with Gasteiger partial charge in [0, 0.05) is 11.8 Å². The van der Waals surface area contributed by atoms with Crippen molar-refractivity contribution < 1.29 is 4.79 Å². The fourth-order valence-electron chi connectivity index (χ4n) is 5.41. The minimum Gasteiger partial charge on any atom is -0.299 e. The smallest absolute Gasteiger partial charge is 0.139 e. The standard InChI is InChI=1S/C15H24O/c1-14(2,3)13-10-6-4-8-12(16)15(10)9-5-7-11(13)15/h10-11,13H,4-9H2,1-3H3/t10-,11-,13-,15-/m1/s1. The summed E-state index contributed by atoms with van der Waals surface area (Å²) in [5, 5.41) is 0. The van der Waals surface area contributed by atoms with Crippen LogP contribution in [-0.2, 0) is 4.79 Å². The van der Waals surface area contributed by atoms with E-state index in [4.69, 9.17) is 0 Å². The minimum atomic E-state index is 0.177. The minimum absolute atomic E-state index is 0.177. The summed E-state index contributed by atoms with van der Waals surface area (Å²) >= 11 is 0. The molecule has 0 radical (unpaired) electrons. The molecular weight excluding hydrogens is 196 g/mol. The quantitative estimate of drug-likeness (QED) is 0.606. The number of carbonyl (C=O) groups is 1. The van der Waals surface area contributed by atoms with Crippen LogP contribution in [0.3, 0.4) is 0 Å². The highest BCUT2D eigenvalue weighted by molar-refractivity contribution is 5.88. The van der Waals surface area contributed by atoms with Crippen LogP contribution < -0.4 is 0 Å². The largest absolute Gasteiger partial charge is 0.299 e. The Morgan fingerprint density at radius 1 is 1.12 bits per heavy atom. The van der Waals surface area contributed by atoms with Crippen LogP contribution in [0.5, 0.6) is 0 Å². The van der Waals surface area contributed by atoms with Crippen LogP contribution in [0.4, 0.5) is 0 Å². The Morgan fingerprint density at radius 2 is 1.75 bits per heavy atom. The van der Waals surface area contributed by atoms with E-state index >= 15 is 0 Å². The topological polar surface area (TPSA) is 17.1 Å². The van der Waals surface area contributed by atoms with Crippen LogP contribution in [0.15, 0.2) is 0 Å². The Balaban J connectivity index is 1.96. The van der Waals surface area contributed by atoms with E-state index in [-0.39, 0.29) is 5.41 Å². The van der Waals surface area contributed by atoms with E-state index in [1.54, 1.807) is 0 Å². The Kier molecular flexibility index (Phi) is 2.10. The van der Waals surface area contributed by atoms with Crippen molar-refractivity contribution in [3.63, 3.8) is 0 Å². The lowest BCUT2D eigenvalue weighted by Gasteiger charge is -2.64. The number of hydrogen-bond acceptors (Lipinski definition) is 1. The van der Waals surface area contributed by atoms with Gasteiger partial charge in [-0.25, -0.2) is 0 Å². The van der Waals surface area contributed by atoms with Gasteiger partial charge in [0.1, 0.15) is 5.78 Å². The first-order chi connectivity index (χ1) is 7.48. The van der Waals surface area contributed by atoms with Gasteiger partial charge in [-0.2, -0.15) is 0 Å². The van der Waals surface area contributed by atoms with Crippen LogP contribution in [0.2, 0.25) is 0 Å². The average molecular weight is 220 g/mol. The van der Waals surface area contributed by atoms with E-state index in [0.29, 0.717) is 11.2 Å². The monoisotopic (exact) mass is 220 g/mol. The van der Waals surface area contributed by atoms with E-state index < -0.39 is 0 Å². The summed E-state index contributed by atoms with van der Waals surface area (Å²) in [6.45, 7) is 7.12. The zero-order chi connectivity index (χ0) is 11.6. The summed E-state index contributed by atoms with van der Waals surface area (Å²) < 4.78 is 0. The number of carbonyl (C=O) groups excluding carboxylic acids is 1. The van der Waals surface area contributed by atoms with Crippen molar-refractivity contribution in [1.29, 1.82) is 0 Å². The van der Waals surface area contributed by atoms with Crippen LogP contribution >= 0.6 is 0 Å². The molecule has 3 fully saturated rings. The molecule has 0 aromatic carbocycles. The first kappa shape index (κ1) is 10.8. The summed E-state index contributed by atoms with van der Waals surface area (Å²) in [5.74, 6) is 2.93. The molecule has 3 rings (SSSR count). The van der Waals surface area contributed by atoms with Crippen molar-refractivity contribution in [1.82, 2.24) is 0 Å². The SMILES string of the molecule is CC(C)(C)[C@@H]1[C@H]2CCCC(=O)[C@]23CCC[C@H]13. The van der Waals surface area contributed by atoms with Gasteiger partial charge in [0.2, 0.25) is 0 Å². The number of rotatable bonds is 0. The van der Waals surface area contributed by atoms with Crippen molar-refractivity contribution in [2.75, 3.05) is 0 Å². The second kappa shape index (κ2) is 3.11. The molecule has 0 unspecified atom stereocenters. The van der Waals surface area contributed by atoms with Gasteiger partial charge in [-0.15, -0.1) is 0 Å². The van der Waals surface area contributed by atoms with Gasteiger partial charge in [0.05, 0.1) is 0 Å². The number of hydrogen-bond donors (Lipinski definition) is 0. The summed E-state index contributed by atoms with van der Waals surface area (Å²) in [5.41, 5.74) is 0.580. The summed E-state index contributed by atoms with van der Waals surface area (Å²) in [7, 11) is 0. The molecule has 0 aromatic rings. The van der Waals surface area contributed by atoms with Crippen molar-refractivity contribution in [2.24, 2.45) is 28.6 Å². The van der Waals surface area contributed by atoms with Crippen LogP contribution in [0.1, 0.15) is 59.3 Å². The Bertz CT molecular complexity index is 325. The highest BCUT2D eigenvalue weighted by Gasteiger charge is 2.69. The zero-order valence-corrected chi connectivity index (χ0v) is 10.9. The van der Waals surface area contributed by atoms with Crippen molar-refractivity contribution in [3.8, 4) is 0 Å². The van der Waals surface area contributed by atoms with E-state index in [1.165, 1.54) is 25.7 Å². The molecule has 3 aliphatic carbocycles. The molecule has 0 bridgehead atoms. The van der Waals surface area contributed by atoms with Gasteiger partial charge in [-0.05, 0) is 48.9 Å². The van der Waals surface area contributed by atoms with Gasteiger partial charge < -0.3 is 0 Å². The molecule has 1 nitrogen and oxygen atoms in total. The molecule has 0 amide bonds. The lowest BCUT2D eigenvalue weighted by Crippen LogP contribution is -2.63. The predicted octanol–water partition coefficient (Wildman–Crippen LogP) is 3.82. The summed E-state index contributed by atoms with van der Waals surface area (Å²) in [6, 6.07) is 0. The molecule has 0 aromatic heterocycles. The lowest BCUT2D eigenvalue weighted by molar-refractivity contribution is -0.183. The number of ketones is 1. The van der Waals surface area contributed by atoms with Crippen molar-refractivity contribution in [2.45, 2.75) is 59.3 Å². The molecule has 3 aliphatic rings. The fourth-order valence-corrected chi connectivity index (χ4v) is 5.41. The lowest BCUT2D eigenvalue weighted by atomic mass is 9.39. The van der Waals surface area contributed by atoms with Gasteiger partial charge in [-0.1, -0.05) is 27.2 Å². The van der Waals surface area contributed by atoms with Gasteiger partial charge in [0.25, 0.3) is 0 Å². The maximum Gasteiger partial charge on any atom is 0.139 e. The number of Topliss-reactive ketones (excluding diaryl/α,β-unsaturated/α-hetero) is 1. The molecule has 0 aliphatic heterocycles. The normalized spacial score (nSPS) is 47.2. The van der Waals surface area contributed by atoms with E-state index in [2.05, 4.69) is 20.8 Å². The highest BCUT2D eigenvalue weighted by Crippen LogP contribution is 2.71. The maximum atomic E-state index is 12.3. The molecule has 1 heteroatoms. The third-order valence-electron chi connectivity index (χ3n) is 5.73. The first-order valence-electron chi connectivity index (χ1n) is 7.01. The fraction of sp³-hybridized carbons (Fsp3) is 0.933.